The van der Waals surface area contributed by atoms with E-state index in [4.69, 9.17) is 4.74 Å². The van der Waals surface area contributed by atoms with Gasteiger partial charge in [-0.25, -0.2) is 4.79 Å². The smallest absolute Gasteiger partial charge is 0.407 e. The summed E-state index contributed by atoms with van der Waals surface area (Å²) in [6.07, 6.45) is 2.03. The number of carbonyl (C=O) groups excluding carboxylic acids is 2. The van der Waals surface area contributed by atoms with E-state index in [1.165, 1.54) is 11.1 Å². The number of rotatable bonds is 8. The number of alkyl carbamates (subject to hydrolysis) is 1. The fourth-order valence-electron chi connectivity index (χ4n) is 5.29. The minimum atomic E-state index is -0.896. The lowest BCUT2D eigenvalue weighted by molar-refractivity contribution is -0.142. The second-order valence-electron chi connectivity index (χ2n) is 9.86. The molecule has 35 heavy (non-hydrogen) atoms. The third-order valence-corrected chi connectivity index (χ3v) is 7.20. The molecule has 1 heterocycles. The lowest BCUT2D eigenvalue weighted by Gasteiger charge is -2.36. The number of ether oxygens (including phenoxy) is 1. The van der Waals surface area contributed by atoms with Gasteiger partial charge in [0.1, 0.15) is 6.61 Å². The van der Waals surface area contributed by atoms with Gasteiger partial charge in [-0.15, -0.1) is 0 Å². The van der Waals surface area contributed by atoms with Crippen LogP contribution < -0.4 is 5.32 Å². The van der Waals surface area contributed by atoms with Crippen LogP contribution in [0.15, 0.2) is 48.5 Å². The number of carbonyl (C=O) groups is 3. The average molecular weight is 479 g/mol. The fraction of sp³-hybridized carbons (Fsp3) is 0.464. The number of hydrogen-bond acceptors (Lipinski definition) is 4. The van der Waals surface area contributed by atoms with Crippen molar-refractivity contribution in [2.75, 3.05) is 13.2 Å². The first kappa shape index (κ1) is 24.8. The number of benzene rings is 2. The summed E-state index contributed by atoms with van der Waals surface area (Å²) in [7, 11) is 0. The number of piperidine rings is 1. The summed E-state index contributed by atoms with van der Waals surface area (Å²) in [5, 5.41) is 12.1. The van der Waals surface area contributed by atoms with E-state index in [2.05, 4.69) is 29.6 Å². The summed E-state index contributed by atoms with van der Waals surface area (Å²) in [4.78, 5) is 38.8. The van der Waals surface area contributed by atoms with Gasteiger partial charge in [0.2, 0.25) is 5.91 Å². The van der Waals surface area contributed by atoms with Crippen LogP contribution in [0.25, 0.3) is 11.1 Å². The van der Waals surface area contributed by atoms with Gasteiger partial charge in [-0.2, -0.15) is 0 Å². The Bertz CT molecular complexity index is 1040. The highest BCUT2D eigenvalue weighted by Gasteiger charge is 2.32. The van der Waals surface area contributed by atoms with E-state index in [9.17, 15) is 19.5 Å². The number of aliphatic carboxylic acids is 1. The van der Waals surface area contributed by atoms with Crippen LogP contribution in [0.1, 0.15) is 63.0 Å². The van der Waals surface area contributed by atoms with Gasteiger partial charge in [-0.05, 0) is 47.4 Å². The Hall–Kier alpha value is -3.35. The molecule has 0 bridgehead atoms. The third-order valence-electron chi connectivity index (χ3n) is 7.20. The molecular weight excluding hydrogens is 444 g/mol. The molecule has 7 nitrogen and oxygen atoms in total. The first-order valence-corrected chi connectivity index (χ1v) is 12.5. The molecule has 2 amide bonds. The second-order valence-corrected chi connectivity index (χ2v) is 9.86. The number of nitrogens with one attached hydrogen (secondary N) is 1. The molecule has 7 heteroatoms. The van der Waals surface area contributed by atoms with Crippen molar-refractivity contribution in [3.05, 3.63) is 59.7 Å². The van der Waals surface area contributed by atoms with E-state index in [1.54, 1.807) is 4.90 Å². The maximum absolute atomic E-state index is 13.1. The van der Waals surface area contributed by atoms with E-state index < -0.39 is 18.1 Å². The van der Waals surface area contributed by atoms with Gasteiger partial charge in [0.25, 0.3) is 0 Å². The first-order chi connectivity index (χ1) is 16.8. The average Bonchev–Trinajstić information content (AvgIpc) is 3.16. The summed E-state index contributed by atoms with van der Waals surface area (Å²) < 4.78 is 5.67. The van der Waals surface area contributed by atoms with Gasteiger partial charge in [0.05, 0.1) is 6.42 Å². The topological polar surface area (TPSA) is 95.9 Å². The van der Waals surface area contributed by atoms with Crippen molar-refractivity contribution in [1.29, 1.82) is 0 Å². The molecule has 2 atom stereocenters. The van der Waals surface area contributed by atoms with E-state index in [0.29, 0.717) is 13.0 Å². The van der Waals surface area contributed by atoms with Gasteiger partial charge < -0.3 is 20.1 Å². The Labute approximate surface area is 206 Å². The van der Waals surface area contributed by atoms with Crippen molar-refractivity contribution in [1.82, 2.24) is 10.2 Å². The molecule has 0 aromatic heterocycles. The number of carboxylic acids is 1. The van der Waals surface area contributed by atoms with Crippen molar-refractivity contribution < 1.29 is 24.2 Å². The molecule has 4 rings (SSSR count). The molecule has 1 saturated heterocycles. The van der Waals surface area contributed by atoms with Crippen LogP contribution in [-0.4, -0.2) is 53.2 Å². The van der Waals surface area contributed by atoms with Crippen molar-refractivity contribution in [3.63, 3.8) is 0 Å². The summed E-state index contributed by atoms with van der Waals surface area (Å²) in [5.41, 5.74) is 4.62. The highest BCUT2D eigenvalue weighted by Crippen LogP contribution is 2.44. The highest BCUT2D eigenvalue weighted by molar-refractivity contribution is 5.80. The standard InChI is InChI=1S/C28H34N2O5/c1-18(2)25(16-26(31)30-14-8-7-9-19(30)15-27(32)33)29-28(34)35-17-24-22-12-5-3-10-20(22)21-11-4-6-13-23(21)24/h3-6,10-13,18-19,24-25H,7-9,14-17H2,1-2H3,(H,29,34)(H,32,33)/t19-,25+/m0/s1. The molecule has 1 fully saturated rings. The quantitative estimate of drug-likeness (QED) is 0.568. The van der Waals surface area contributed by atoms with E-state index in [1.807, 2.05) is 38.1 Å². The normalized spacial score (nSPS) is 18.0. The van der Waals surface area contributed by atoms with Crippen LogP contribution >= 0.6 is 0 Å². The Kier molecular flexibility index (Phi) is 7.73. The number of fused-ring (bicyclic) bond motifs is 3. The SMILES string of the molecule is CC(C)[C@@H](CC(=O)N1CCCC[C@H]1CC(=O)O)NC(=O)OCC1c2ccccc2-c2ccccc21. The number of hydrogen-bond donors (Lipinski definition) is 2. The van der Waals surface area contributed by atoms with E-state index >= 15 is 0 Å². The summed E-state index contributed by atoms with van der Waals surface area (Å²) in [6, 6.07) is 15.7. The third kappa shape index (κ3) is 5.66. The minimum Gasteiger partial charge on any atom is -0.481 e. The van der Waals surface area contributed by atoms with Crippen molar-refractivity contribution in [3.8, 4) is 11.1 Å². The second kappa shape index (κ2) is 10.9. The number of nitrogens with zero attached hydrogens (tertiary/aromatic N) is 1. The lowest BCUT2D eigenvalue weighted by atomic mass is 9.96. The summed E-state index contributed by atoms with van der Waals surface area (Å²) >= 11 is 0. The van der Waals surface area contributed by atoms with Crippen LogP contribution in [0.2, 0.25) is 0 Å². The molecule has 2 N–H and O–H groups in total. The van der Waals surface area contributed by atoms with Gasteiger partial charge >= 0.3 is 12.1 Å². The summed E-state index contributed by atoms with van der Waals surface area (Å²) in [6.45, 7) is 4.68. The van der Waals surface area contributed by atoms with Gasteiger partial charge in [-0.3, -0.25) is 9.59 Å². The van der Waals surface area contributed by atoms with Crippen LogP contribution in [0, 0.1) is 5.92 Å². The zero-order valence-electron chi connectivity index (χ0n) is 20.4. The Morgan fingerprint density at radius 1 is 1.03 bits per heavy atom. The molecule has 1 aliphatic heterocycles. The van der Waals surface area contributed by atoms with E-state index in [0.717, 1.165) is 24.0 Å². The largest absolute Gasteiger partial charge is 0.481 e. The molecule has 0 saturated carbocycles. The molecule has 0 radical (unpaired) electrons. The molecule has 1 aliphatic carbocycles. The predicted octanol–water partition coefficient (Wildman–Crippen LogP) is 4.80. The van der Waals surface area contributed by atoms with Gasteiger partial charge in [0, 0.05) is 31.0 Å². The molecule has 0 spiro atoms. The maximum Gasteiger partial charge on any atom is 0.407 e. The number of likely N-dealkylation sites (tertiary alicyclic amines) is 1. The van der Waals surface area contributed by atoms with E-state index in [-0.39, 0.29) is 43.2 Å². The Balaban J connectivity index is 1.37. The van der Waals surface area contributed by atoms with Gasteiger partial charge in [-0.1, -0.05) is 62.4 Å². The molecule has 186 valence electrons. The zero-order chi connectivity index (χ0) is 24.9. The molecule has 2 aromatic rings. The highest BCUT2D eigenvalue weighted by atomic mass is 16.5. The Morgan fingerprint density at radius 2 is 1.66 bits per heavy atom. The minimum absolute atomic E-state index is 0.0159. The van der Waals surface area contributed by atoms with Crippen molar-refractivity contribution in [2.45, 2.75) is 64.0 Å². The zero-order valence-corrected chi connectivity index (χ0v) is 20.4. The number of amides is 2. The fourth-order valence-corrected chi connectivity index (χ4v) is 5.29. The van der Waals surface area contributed by atoms with Crippen LogP contribution in [-0.2, 0) is 14.3 Å². The molecule has 2 aromatic carbocycles. The van der Waals surface area contributed by atoms with Crippen molar-refractivity contribution in [2.24, 2.45) is 5.92 Å². The maximum atomic E-state index is 13.1. The molecular formula is C28H34N2O5. The lowest BCUT2D eigenvalue weighted by Crippen LogP contribution is -2.48. The molecule has 2 aliphatic rings. The molecule has 0 unspecified atom stereocenters. The number of carboxylic acid groups (broad SMARTS) is 1. The predicted molar refractivity (Wildman–Crippen MR) is 133 cm³/mol. The van der Waals surface area contributed by atoms with Crippen LogP contribution in [0.5, 0.6) is 0 Å². The monoisotopic (exact) mass is 478 g/mol. The van der Waals surface area contributed by atoms with Crippen molar-refractivity contribution >= 4 is 18.0 Å². The van der Waals surface area contributed by atoms with Crippen LogP contribution in [0.3, 0.4) is 0 Å². The first-order valence-electron chi connectivity index (χ1n) is 12.5. The summed E-state index contributed by atoms with van der Waals surface area (Å²) in [5.74, 6) is -1.03. The Morgan fingerprint density at radius 3 is 2.26 bits per heavy atom. The van der Waals surface area contributed by atoms with Gasteiger partial charge in [0.15, 0.2) is 0 Å². The van der Waals surface area contributed by atoms with Crippen LogP contribution in [0.4, 0.5) is 4.79 Å².